The van der Waals surface area contributed by atoms with Gasteiger partial charge in [0.05, 0.1) is 4.92 Å². The summed E-state index contributed by atoms with van der Waals surface area (Å²) in [6.07, 6.45) is 7.39. The van der Waals surface area contributed by atoms with E-state index in [4.69, 9.17) is 0 Å². The lowest BCUT2D eigenvalue weighted by Crippen LogP contribution is -2.30. The molecule has 0 aliphatic heterocycles. The Labute approximate surface area is 125 Å². The summed E-state index contributed by atoms with van der Waals surface area (Å²) in [5, 5.41) is 13.6. The zero-order valence-corrected chi connectivity index (χ0v) is 12.5. The van der Waals surface area contributed by atoms with E-state index in [1.54, 1.807) is 18.2 Å². The summed E-state index contributed by atoms with van der Waals surface area (Å²) >= 11 is 0. The van der Waals surface area contributed by atoms with Crippen molar-refractivity contribution < 1.29 is 9.72 Å². The molecule has 0 aromatic heterocycles. The first-order chi connectivity index (χ1) is 10.0. The van der Waals surface area contributed by atoms with Crippen molar-refractivity contribution in [1.82, 2.24) is 5.32 Å². The quantitative estimate of drug-likeness (QED) is 0.343. The number of nitro groups is 1. The van der Waals surface area contributed by atoms with Gasteiger partial charge in [0.15, 0.2) is 0 Å². The van der Waals surface area contributed by atoms with Crippen LogP contribution in [0.25, 0.3) is 6.08 Å². The third-order valence-corrected chi connectivity index (χ3v) is 3.14. The largest absolute Gasteiger partial charge is 0.350 e. The molecule has 1 rings (SSSR count). The average molecular weight is 290 g/mol. The van der Waals surface area contributed by atoms with Gasteiger partial charge in [-0.3, -0.25) is 14.9 Å². The number of unbranched alkanes of at least 4 members (excludes halogenated alkanes) is 2. The number of amides is 1. The predicted molar refractivity (Wildman–Crippen MR) is 83.9 cm³/mol. The van der Waals surface area contributed by atoms with Crippen molar-refractivity contribution >= 4 is 17.7 Å². The maximum atomic E-state index is 11.7. The molecule has 1 aromatic carbocycles. The molecule has 114 valence electrons. The van der Waals surface area contributed by atoms with Gasteiger partial charge < -0.3 is 5.32 Å². The SMILES string of the molecule is CCCCCC(C)NC(=O)C=Cc1cccc([N+](=O)[O-])c1. The fourth-order valence-corrected chi connectivity index (χ4v) is 1.98. The van der Waals surface area contributed by atoms with Crippen LogP contribution in [0.2, 0.25) is 0 Å². The van der Waals surface area contributed by atoms with Crippen molar-refractivity contribution in [2.75, 3.05) is 0 Å². The van der Waals surface area contributed by atoms with E-state index in [2.05, 4.69) is 12.2 Å². The molecule has 0 bridgehead atoms. The molecule has 0 radical (unpaired) electrons. The first-order valence-corrected chi connectivity index (χ1v) is 7.26. The van der Waals surface area contributed by atoms with Crippen LogP contribution in [0.4, 0.5) is 5.69 Å². The molecule has 1 N–H and O–H groups in total. The topological polar surface area (TPSA) is 72.2 Å². The van der Waals surface area contributed by atoms with Gasteiger partial charge >= 0.3 is 0 Å². The van der Waals surface area contributed by atoms with Crippen molar-refractivity contribution in [1.29, 1.82) is 0 Å². The molecule has 0 aliphatic carbocycles. The summed E-state index contributed by atoms with van der Waals surface area (Å²) in [6.45, 7) is 4.12. The van der Waals surface area contributed by atoms with Gasteiger partial charge in [0, 0.05) is 24.3 Å². The van der Waals surface area contributed by atoms with Crippen molar-refractivity contribution in [3.8, 4) is 0 Å². The smallest absolute Gasteiger partial charge is 0.270 e. The van der Waals surface area contributed by atoms with Crippen LogP contribution in [-0.2, 0) is 4.79 Å². The first kappa shape index (κ1) is 16.9. The molecule has 1 atom stereocenters. The van der Waals surface area contributed by atoms with Gasteiger partial charge in [-0.1, -0.05) is 38.3 Å². The molecule has 0 saturated heterocycles. The van der Waals surface area contributed by atoms with Crippen LogP contribution in [0, 0.1) is 10.1 Å². The number of hydrogen-bond acceptors (Lipinski definition) is 3. The molecule has 0 spiro atoms. The molecule has 21 heavy (non-hydrogen) atoms. The Morgan fingerprint density at radius 1 is 1.43 bits per heavy atom. The van der Waals surface area contributed by atoms with E-state index < -0.39 is 4.92 Å². The van der Waals surface area contributed by atoms with Gasteiger partial charge in [-0.15, -0.1) is 0 Å². The van der Waals surface area contributed by atoms with Crippen LogP contribution in [0.5, 0.6) is 0 Å². The van der Waals surface area contributed by atoms with E-state index in [1.807, 2.05) is 6.92 Å². The first-order valence-electron chi connectivity index (χ1n) is 7.26. The highest BCUT2D eigenvalue weighted by Gasteiger charge is 2.06. The normalized spacial score (nSPS) is 12.3. The summed E-state index contributed by atoms with van der Waals surface area (Å²) in [5.41, 5.74) is 0.656. The number of carbonyl (C=O) groups excluding carboxylic acids is 1. The van der Waals surface area contributed by atoms with E-state index in [-0.39, 0.29) is 17.6 Å². The number of nitro benzene ring substituents is 1. The molecule has 0 aliphatic rings. The maximum Gasteiger partial charge on any atom is 0.270 e. The Bertz CT molecular complexity index is 512. The number of hydrogen-bond donors (Lipinski definition) is 1. The molecule has 0 heterocycles. The van der Waals surface area contributed by atoms with Gasteiger partial charge in [0.25, 0.3) is 5.69 Å². The molecule has 1 amide bonds. The molecular weight excluding hydrogens is 268 g/mol. The highest BCUT2D eigenvalue weighted by atomic mass is 16.6. The Hall–Kier alpha value is -2.17. The van der Waals surface area contributed by atoms with Crippen molar-refractivity contribution in [3.05, 3.63) is 46.0 Å². The highest BCUT2D eigenvalue weighted by Crippen LogP contribution is 2.14. The second kappa shape index (κ2) is 8.89. The van der Waals surface area contributed by atoms with Crippen LogP contribution in [0.1, 0.15) is 45.1 Å². The Morgan fingerprint density at radius 2 is 2.19 bits per heavy atom. The number of non-ortho nitro benzene ring substituents is 1. The summed E-state index contributed by atoms with van der Waals surface area (Å²) in [7, 11) is 0. The highest BCUT2D eigenvalue weighted by molar-refractivity contribution is 5.91. The zero-order valence-electron chi connectivity index (χ0n) is 12.5. The number of benzene rings is 1. The van der Waals surface area contributed by atoms with Gasteiger partial charge in [0.2, 0.25) is 5.91 Å². The fourth-order valence-electron chi connectivity index (χ4n) is 1.98. The van der Waals surface area contributed by atoms with E-state index >= 15 is 0 Å². The minimum atomic E-state index is -0.451. The van der Waals surface area contributed by atoms with E-state index in [9.17, 15) is 14.9 Å². The summed E-state index contributed by atoms with van der Waals surface area (Å²) in [6, 6.07) is 6.32. The second-order valence-corrected chi connectivity index (χ2v) is 5.09. The third kappa shape index (κ3) is 6.70. The van der Waals surface area contributed by atoms with Gasteiger partial charge in [-0.25, -0.2) is 0 Å². The van der Waals surface area contributed by atoms with Gasteiger partial charge in [-0.2, -0.15) is 0 Å². The van der Waals surface area contributed by atoms with Gasteiger partial charge in [0.1, 0.15) is 0 Å². The van der Waals surface area contributed by atoms with E-state index in [0.717, 1.165) is 19.3 Å². The molecule has 0 saturated carbocycles. The number of nitrogens with one attached hydrogen (secondary N) is 1. The lowest BCUT2D eigenvalue weighted by atomic mass is 10.1. The van der Waals surface area contributed by atoms with Crippen LogP contribution in [-0.4, -0.2) is 16.9 Å². The van der Waals surface area contributed by atoms with Crippen molar-refractivity contribution in [2.24, 2.45) is 0 Å². The van der Waals surface area contributed by atoms with Crippen LogP contribution in [0.15, 0.2) is 30.3 Å². The lowest BCUT2D eigenvalue weighted by molar-refractivity contribution is -0.384. The minimum Gasteiger partial charge on any atom is -0.350 e. The third-order valence-electron chi connectivity index (χ3n) is 3.14. The van der Waals surface area contributed by atoms with Gasteiger partial charge in [-0.05, 0) is 25.0 Å². The second-order valence-electron chi connectivity index (χ2n) is 5.09. The van der Waals surface area contributed by atoms with Crippen LogP contribution in [0.3, 0.4) is 0 Å². The van der Waals surface area contributed by atoms with Crippen LogP contribution >= 0.6 is 0 Å². The number of rotatable bonds is 8. The molecule has 1 aromatic rings. The average Bonchev–Trinajstić information content (AvgIpc) is 2.45. The summed E-state index contributed by atoms with van der Waals surface area (Å²) < 4.78 is 0. The fraction of sp³-hybridized carbons (Fsp3) is 0.438. The van der Waals surface area contributed by atoms with E-state index in [0.29, 0.717) is 5.56 Å². The Kier molecular flexibility index (Phi) is 7.15. The summed E-state index contributed by atoms with van der Waals surface area (Å²) in [5.74, 6) is -0.175. The molecular formula is C16H22N2O3. The Morgan fingerprint density at radius 3 is 2.86 bits per heavy atom. The van der Waals surface area contributed by atoms with E-state index in [1.165, 1.54) is 24.6 Å². The lowest BCUT2D eigenvalue weighted by Gasteiger charge is -2.11. The predicted octanol–water partition coefficient (Wildman–Crippen LogP) is 3.69. The monoisotopic (exact) mass is 290 g/mol. The zero-order chi connectivity index (χ0) is 15.7. The van der Waals surface area contributed by atoms with Crippen molar-refractivity contribution in [3.63, 3.8) is 0 Å². The summed E-state index contributed by atoms with van der Waals surface area (Å²) in [4.78, 5) is 22.0. The molecule has 0 fully saturated rings. The minimum absolute atomic E-state index is 0.0190. The number of nitrogens with zero attached hydrogens (tertiary/aromatic N) is 1. The molecule has 1 unspecified atom stereocenters. The molecule has 5 heteroatoms. The Balaban J connectivity index is 2.50. The number of carbonyl (C=O) groups is 1. The standard InChI is InChI=1S/C16H22N2O3/c1-3-4-5-7-13(2)17-16(19)11-10-14-8-6-9-15(12-14)18(20)21/h6,8-13H,3-5,7H2,1-2H3,(H,17,19). The maximum absolute atomic E-state index is 11.7. The van der Waals surface area contributed by atoms with Crippen molar-refractivity contribution in [2.45, 2.75) is 45.6 Å². The van der Waals surface area contributed by atoms with Crippen LogP contribution < -0.4 is 5.32 Å². The molecule has 5 nitrogen and oxygen atoms in total.